The molecular weight excluding hydrogens is 282 g/mol. The number of imidazole rings is 1. The van der Waals surface area contributed by atoms with E-state index in [1.165, 1.54) is 18.5 Å². The number of carbonyl (C=O) groups excluding carboxylic acids is 1. The third kappa shape index (κ3) is 2.64. The maximum atomic E-state index is 12.0. The highest BCUT2D eigenvalue weighted by Gasteiger charge is 2.12. The van der Waals surface area contributed by atoms with Crippen LogP contribution in [0, 0.1) is 6.92 Å². The van der Waals surface area contributed by atoms with Crippen molar-refractivity contribution >= 4 is 11.6 Å². The van der Waals surface area contributed by atoms with Gasteiger partial charge in [-0.1, -0.05) is 0 Å². The lowest BCUT2D eigenvalue weighted by atomic mass is 10.3. The van der Waals surface area contributed by atoms with Gasteiger partial charge in [-0.25, -0.2) is 15.0 Å². The Hall–Kier alpha value is -3.22. The predicted molar refractivity (Wildman–Crippen MR) is 80.0 cm³/mol. The van der Waals surface area contributed by atoms with Crippen molar-refractivity contribution in [2.45, 2.75) is 6.92 Å². The molecule has 0 aliphatic carbocycles. The first-order valence-corrected chi connectivity index (χ1v) is 6.57. The van der Waals surface area contributed by atoms with Gasteiger partial charge in [-0.3, -0.25) is 9.36 Å². The van der Waals surface area contributed by atoms with E-state index in [-0.39, 0.29) is 11.4 Å². The maximum Gasteiger partial charge on any atom is 0.278 e. The molecular formula is C15H13N5O2. The van der Waals surface area contributed by atoms with E-state index in [1.54, 1.807) is 24.4 Å². The number of rotatable bonds is 3. The third-order valence-corrected chi connectivity index (χ3v) is 3.08. The molecule has 0 saturated carbocycles. The van der Waals surface area contributed by atoms with E-state index >= 15 is 0 Å². The van der Waals surface area contributed by atoms with Crippen LogP contribution in [0.5, 0.6) is 5.75 Å². The van der Waals surface area contributed by atoms with Gasteiger partial charge in [0, 0.05) is 18.6 Å². The molecule has 3 rings (SSSR count). The summed E-state index contributed by atoms with van der Waals surface area (Å²) in [6.45, 7) is 1.88. The number of pyridine rings is 2. The summed E-state index contributed by atoms with van der Waals surface area (Å²) in [5.41, 5.74) is 0.480. The normalized spacial score (nSPS) is 10.4. The summed E-state index contributed by atoms with van der Waals surface area (Å²) in [5.74, 6) is 0.862. The van der Waals surface area contributed by atoms with Crippen LogP contribution in [0.25, 0.3) is 5.82 Å². The summed E-state index contributed by atoms with van der Waals surface area (Å²) in [5, 5.41) is 12.2. The van der Waals surface area contributed by atoms with E-state index in [0.29, 0.717) is 11.5 Å². The van der Waals surface area contributed by atoms with Crippen molar-refractivity contribution in [3.8, 4) is 11.6 Å². The zero-order valence-corrected chi connectivity index (χ0v) is 11.8. The number of nitrogens with one attached hydrogen (secondary N) is 1. The van der Waals surface area contributed by atoms with Gasteiger partial charge in [-0.05, 0) is 31.2 Å². The van der Waals surface area contributed by atoms with Gasteiger partial charge in [0.2, 0.25) is 0 Å². The Bertz CT molecular complexity index is 811. The number of hydrogen-bond acceptors (Lipinski definition) is 5. The van der Waals surface area contributed by atoms with Crippen LogP contribution in [-0.4, -0.2) is 30.5 Å². The smallest absolute Gasteiger partial charge is 0.278 e. The SMILES string of the molecule is Cc1nccn1-c1ccc(NC(=O)c2ncccc2O)cn1. The lowest BCUT2D eigenvalue weighted by Crippen LogP contribution is -2.14. The van der Waals surface area contributed by atoms with E-state index in [4.69, 9.17) is 0 Å². The van der Waals surface area contributed by atoms with Crippen LogP contribution in [0.3, 0.4) is 0 Å². The van der Waals surface area contributed by atoms with Crippen LogP contribution in [-0.2, 0) is 0 Å². The molecule has 7 nitrogen and oxygen atoms in total. The van der Waals surface area contributed by atoms with Crippen LogP contribution in [0.2, 0.25) is 0 Å². The van der Waals surface area contributed by atoms with Gasteiger partial charge in [-0.15, -0.1) is 0 Å². The van der Waals surface area contributed by atoms with Crippen molar-refractivity contribution in [3.05, 3.63) is 60.6 Å². The fraction of sp³-hybridized carbons (Fsp3) is 0.0667. The Morgan fingerprint density at radius 3 is 2.68 bits per heavy atom. The summed E-state index contributed by atoms with van der Waals surface area (Å²) in [7, 11) is 0. The zero-order chi connectivity index (χ0) is 15.5. The Morgan fingerprint density at radius 2 is 2.05 bits per heavy atom. The van der Waals surface area contributed by atoms with E-state index in [1.807, 2.05) is 17.7 Å². The molecule has 0 spiro atoms. The summed E-state index contributed by atoms with van der Waals surface area (Å²) >= 11 is 0. The molecule has 7 heteroatoms. The molecule has 3 aromatic rings. The van der Waals surface area contributed by atoms with Crippen LogP contribution in [0.1, 0.15) is 16.3 Å². The minimum Gasteiger partial charge on any atom is -0.505 e. The maximum absolute atomic E-state index is 12.0. The van der Waals surface area contributed by atoms with E-state index in [0.717, 1.165) is 5.82 Å². The van der Waals surface area contributed by atoms with Gasteiger partial charge in [0.1, 0.15) is 17.4 Å². The quantitative estimate of drug-likeness (QED) is 0.770. The van der Waals surface area contributed by atoms with Gasteiger partial charge in [0.15, 0.2) is 5.69 Å². The second-order valence-corrected chi connectivity index (χ2v) is 4.57. The number of aromatic hydroxyl groups is 1. The summed E-state index contributed by atoms with van der Waals surface area (Å²) in [6.07, 6.45) is 6.48. The molecule has 110 valence electrons. The number of hydrogen-bond donors (Lipinski definition) is 2. The third-order valence-electron chi connectivity index (χ3n) is 3.08. The average molecular weight is 295 g/mol. The Kier molecular flexibility index (Phi) is 3.53. The number of aryl methyl sites for hydroxylation is 1. The van der Waals surface area contributed by atoms with Gasteiger partial charge in [0.25, 0.3) is 5.91 Å². The second kappa shape index (κ2) is 5.65. The number of carbonyl (C=O) groups is 1. The van der Waals surface area contributed by atoms with Crippen molar-refractivity contribution < 1.29 is 9.90 Å². The molecule has 0 atom stereocenters. The van der Waals surface area contributed by atoms with Gasteiger partial charge < -0.3 is 10.4 Å². The Balaban J connectivity index is 1.78. The highest BCUT2D eigenvalue weighted by molar-refractivity contribution is 6.04. The van der Waals surface area contributed by atoms with Gasteiger partial charge >= 0.3 is 0 Å². The molecule has 0 unspecified atom stereocenters. The van der Waals surface area contributed by atoms with E-state index in [9.17, 15) is 9.90 Å². The predicted octanol–water partition coefficient (Wildman–Crippen LogP) is 1.93. The number of amides is 1. The monoisotopic (exact) mass is 295 g/mol. The van der Waals surface area contributed by atoms with Crippen molar-refractivity contribution in [3.63, 3.8) is 0 Å². The fourth-order valence-corrected chi connectivity index (χ4v) is 1.98. The minimum atomic E-state index is -0.494. The number of nitrogens with zero attached hydrogens (tertiary/aromatic N) is 4. The molecule has 0 saturated heterocycles. The zero-order valence-electron chi connectivity index (χ0n) is 11.8. The Labute approximate surface area is 126 Å². The van der Waals surface area contributed by atoms with E-state index < -0.39 is 5.91 Å². The summed E-state index contributed by atoms with van der Waals surface area (Å²) in [6, 6.07) is 6.45. The first-order valence-electron chi connectivity index (χ1n) is 6.57. The standard InChI is InChI=1S/C15H13N5O2/c1-10-16-7-8-20(10)13-5-4-11(9-18-13)19-15(22)14-12(21)3-2-6-17-14/h2-9,21H,1H3,(H,19,22). The molecule has 3 aromatic heterocycles. The van der Waals surface area contributed by atoms with Crippen LogP contribution >= 0.6 is 0 Å². The highest BCUT2D eigenvalue weighted by Crippen LogP contribution is 2.16. The van der Waals surface area contributed by atoms with Crippen molar-refractivity contribution in [2.24, 2.45) is 0 Å². The molecule has 0 aromatic carbocycles. The molecule has 2 N–H and O–H groups in total. The number of anilines is 1. The molecule has 0 radical (unpaired) electrons. The fourth-order valence-electron chi connectivity index (χ4n) is 1.98. The molecule has 0 aliphatic heterocycles. The lowest BCUT2D eigenvalue weighted by Gasteiger charge is -2.07. The van der Waals surface area contributed by atoms with Crippen LogP contribution < -0.4 is 5.32 Å². The number of aromatic nitrogens is 4. The van der Waals surface area contributed by atoms with Crippen molar-refractivity contribution in [1.29, 1.82) is 0 Å². The van der Waals surface area contributed by atoms with Crippen LogP contribution in [0.4, 0.5) is 5.69 Å². The summed E-state index contributed by atoms with van der Waals surface area (Å²) < 4.78 is 1.83. The average Bonchev–Trinajstić information content (AvgIpc) is 2.94. The van der Waals surface area contributed by atoms with E-state index in [2.05, 4.69) is 20.3 Å². The van der Waals surface area contributed by atoms with Gasteiger partial charge in [-0.2, -0.15) is 0 Å². The van der Waals surface area contributed by atoms with Crippen LogP contribution in [0.15, 0.2) is 49.1 Å². The molecule has 0 bridgehead atoms. The van der Waals surface area contributed by atoms with Crippen molar-refractivity contribution in [2.75, 3.05) is 5.32 Å². The lowest BCUT2D eigenvalue weighted by molar-refractivity contribution is 0.101. The largest absolute Gasteiger partial charge is 0.505 e. The Morgan fingerprint density at radius 1 is 1.18 bits per heavy atom. The molecule has 0 fully saturated rings. The van der Waals surface area contributed by atoms with Gasteiger partial charge in [0.05, 0.1) is 11.9 Å². The molecule has 22 heavy (non-hydrogen) atoms. The second-order valence-electron chi connectivity index (χ2n) is 4.57. The van der Waals surface area contributed by atoms with Crippen molar-refractivity contribution in [1.82, 2.24) is 19.5 Å². The topological polar surface area (TPSA) is 92.9 Å². The highest BCUT2D eigenvalue weighted by atomic mass is 16.3. The molecule has 0 aliphatic rings. The first kappa shape index (κ1) is 13.7. The molecule has 3 heterocycles. The minimum absolute atomic E-state index is 0.0305. The molecule has 1 amide bonds. The first-order chi connectivity index (χ1) is 10.6. The summed E-state index contributed by atoms with van der Waals surface area (Å²) in [4.78, 5) is 24.3.